The smallest absolute Gasteiger partial charge is 0.263 e. The zero-order valence-electron chi connectivity index (χ0n) is 19.2. The molecule has 176 valence electrons. The lowest BCUT2D eigenvalue weighted by atomic mass is 10.0. The van der Waals surface area contributed by atoms with Crippen molar-refractivity contribution in [1.29, 1.82) is 0 Å². The molecule has 0 aliphatic heterocycles. The van der Waals surface area contributed by atoms with Crippen LogP contribution in [-0.4, -0.2) is 30.6 Å². The van der Waals surface area contributed by atoms with Crippen LogP contribution in [0.3, 0.4) is 0 Å². The molecule has 0 spiro atoms. The average Bonchev–Trinajstić information content (AvgIpc) is 3.38. The molecule has 0 bridgehead atoms. The number of fused-ring (bicyclic) bond motifs is 3. The topological polar surface area (TPSA) is 69.0 Å². The molecule has 0 fully saturated rings. The third-order valence-corrected chi connectivity index (χ3v) is 6.73. The largest absolute Gasteiger partial charge is 0.489 e. The van der Waals surface area contributed by atoms with Gasteiger partial charge in [0.05, 0.1) is 22.4 Å². The van der Waals surface area contributed by atoms with Gasteiger partial charge in [-0.15, -0.1) is 11.3 Å². The Morgan fingerprint density at radius 3 is 2.60 bits per heavy atom. The van der Waals surface area contributed by atoms with Gasteiger partial charge in [0.2, 0.25) is 0 Å². The molecule has 0 saturated carbocycles. The first kappa shape index (κ1) is 22.8. The van der Waals surface area contributed by atoms with Crippen molar-refractivity contribution in [3.8, 4) is 16.9 Å². The van der Waals surface area contributed by atoms with Crippen LogP contribution in [0.15, 0.2) is 89.2 Å². The number of pyridine rings is 2. The lowest BCUT2D eigenvalue weighted by Crippen LogP contribution is -2.29. The SMILES string of the molecule is COCCNC(=O)c1cc(-c2ccc(OCc3ccccc3)cc2)c(=O)n2ccc3ccsc3c12. The minimum atomic E-state index is -0.246. The fourth-order valence-electron chi connectivity index (χ4n) is 4.02. The highest BCUT2D eigenvalue weighted by molar-refractivity contribution is 7.18. The van der Waals surface area contributed by atoms with Crippen molar-refractivity contribution in [2.24, 2.45) is 0 Å². The first-order valence-electron chi connectivity index (χ1n) is 11.3. The number of nitrogens with one attached hydrogen (secondary N) is 1. The molecule has 0 unspecified atom stereocenters. The van der Waals surface area contributed by atoms with E-state index in [1.807, 2.05) is 72.1 Å². The predicted molar refractivity (Wildman–Crippen MR) is 139 cm³/mol. The Kier molecular flexibility index (Phi) is 6.61. The Morgan fingerprint density at radius 2 is 1.83 bits per heavy atom. The van der Waals surface area contributed by atoms with Crippen molar-refractivity contribution in [1.82, 2.24) is 9.72 Å². The van der Waals surface area contributed by atoms with E-state index < -0.39 is 0 Å². The van der Waals surface area contributed by atoms with E-state index in [1.54, 1.807) is 23.8 Å². The van der Waals surface area contributed by atoms with Crippen LogP contribution in [0.25, 0.3) is 26.7 Å². The minimum absolute atomic E-state index is 0.179. The van der Waals surface area contributed by atoms with Gasteiger partial charge in [0, 0.05) is 25.4 Å². The number of carbonyl (C=O) groups excluding carboxylic acids is 1. The van der Waals surface area contributed by atoms with E-state index in [2.05, 4.69) is 5.32 Å². The second kappa shape index (κ2) is 10.1. The molecule has 1 amide bonds. The van der Waals surface area contributed by atoms with Crippen LogP contribution >= 0.6 is 11.3 Å². The van der Waals surface area contributed by atoms with Gasteiger partial charge < -0.3 is 14.8 Å². The lowest BCUT2D eigenvalue weighted by molar-refractivity contribution is 0.0938. The van der Waals surface area contributed by atoms with Crippen molar-refractivity contribution in [2.45, 2.75) is 6.61 Å². The standard InChI is InChI=1S/C28H24N2O4S/c1-33-15-13-29-27(31)24-17-23(28(32)30-14-11-21-12-16-35-26(21)25(24)30)20-7-9-22(10-8-20)34-18-19-5-3-2-4-6-19/h2-12,14,16-17H,13,15,18H2,1H3,(H,29,31). The van der Waals surface area contributed by atoms with E-state index in [-0.39, 0.29) is 11.5 Å². The fourth-order valence-corrected chi connectivity index (χ4v) is 4.96. The van der Waals surface area contributed by atoms with E-state index in [4.69, 9.17) is 9.47 Å². The van der Waals surface area contributed by atoms with E-state index in [1.165, 1.54) is 11.3 Å². The van der Waals surface area contributed by atoms with Crippen LogP contribution in [-0.2, 0) is 11.3 Å². The van der Waals surface area contributed by atoms with Gasteiger partial charge in [0.15, 0.2) is 0 Å². The summed E-state index contributed by atoms with van der Waals surface area (Å²) in [4.78, 5) is 26.7. The number of ether oxygens (including phenoxy) is 2. The van der Waals surface area contributed by atoms with Crippen molar-refractivity contribution < 1.29 is 14.3 Å². The van der Waals surface area contributed by atoms with Crippen LogP contribution in [0.4, 0.5) is 0 Å². The highest BCUT2D eigenvalue weighted by Crippen LogP contribution is 2.30. The molecule has 3 aromatic heterocycles. The van der Waals surface area contributed by atoms with Gasteiger partial charge in [-0.2, -0.15) is 0 Å². The van der Waals surface area contributed by atoms with E-state index >= 15 is 0 Å². The summed E-state index contributed by atoms with van der Waals surface area (Å²) >= 11 is 1.51. The number of benzene rings is 2. The van der Waals surface area contributed by atoms with Gasteiger partial charge in [-0.1, -0.05) is 42.5 Å². The molecule has 0 atom stereocenters. The monoisotopic (exact) mass is 484 g/mol. The van der Waals surface area contributed by atoms with Gasteiger partial charge >= 0.3 is 0 Å². The van der Waals surface area contributed by atoms with Gasteiger partial charge in [-0.05, 0) is 52.2 Å². The zero-order valence-corrected chi connectivity index (χ0v) is 20.0. The number of rotatable bonds is 8. The molecule has 3 heterocycles. The summed E-state index contributed by atoms with van der Waals surface area (Å²) in [6.07, 6.45) is 1.74. The number of nitrogens with zero attached hydrogens (tertiary/aromatic N) is 1. The van der Waals surface area contributed by atoms with Gasteiger partial charge in [0.25, 0.3) is 11.5 Å². The Labute approximate surface area is 206 Å². The summed E-state index contributed by atoms with van der Waals surface area (Å²) in [6.45, 7) is 1.24. The Morgan fingerprint density at radius 1 is 1.03 bits per heavy atom. The number of hydrogen-bond donors (Lipinski definition) is 1. The first-order chi connectivity index (χ1) is 17.2. The molecule has 0 saturated heterocycles. The Hall–Kier alpha value is -3.94. The van der Waals surface area contributed by atoms with Crippen molar-refractivity contribution in [2.75, 3.05) is 20.3 Å². The van der Waals surface area contributed by atoms with Crippen molar-refractivity contribution in [3.05, 3.63) is 106 Å². The highest BCUT2D eigenvalue weighted by Gasteiger charge is 2.19. The van der Waals surface area contributed by atoms with E-state index in [9.17, 15) is 9.59 Å². The summed E-state index contributed by atoms with van der Waals surface area (Å²) < 4.78 is 13.4. The molecule has 7 heteroatoms. The molecule has 2 aromatic carbocycles. The molecule has 5 rings (SSSR count). The van der Waals surface area contributed by atoms with Crippen molar-refractivity contribution >= 4 is 32.8 Å². The molecule has 0 aliphatic carbocycles. The summed E-state index contributed by atoms with van der Waals surface area (Å²) in [5.41, 5.74) is 3.13. The van der Waals surface area contributed by atoms with E-state index in [0.29, 0.717) is 47.7 Å². The third kappa shape index (κ3) is 4.69. The van der Waals surface area contributed by atoms with Crippen LogP contribution in [0, 0.1) is 0 Å². The predicted octanol–water partition coefficient (Wildman–Crippen LogP) is 5.14. The van der Waals surface area contributed by atoms with Gasteiger partial charge in [0.1, 0.15) is 12.4 Å². The van der Waals surface area contributed by atoms with Crippen LogP contribution in [0.1, 0.15) is 15.9 Å². The summed E-state index contributed by atoms with van der Waals surface area (Å²) in [6, 6.07) is 22.9. The third-order valence-electron chi connectivity index (χ3n) is 5.80. The van der Waals surface area contributed by atoms with Gasteiger partial charge in [-0.25, -0.2) is 0 Å². The summed E-state index contributed by atoms with van der Waals surface area (Å²) in [7, 11) is 1.59. The second-order valence-corrected chi connectivity index (χ2v) is 8.98. The molecule has 0 aliphatic rings. The molecular formula is C28H24N2O4S. The van der Waals surface area contributed by atoms with E-state index in [0.717, 1.165) is 15.6 Å². The maximum absolute atomic E-state index is 13.5. The minimum Gasteiger partial charge on any atom is -0.489 e. The number of amides is 1. The van der Waals surface area contributed by atoms with Crippen LogP contribution < -0.4 is 15.6 Å². The fraction of sp³-hybridized carbons (Fsp3) is 0.143. The average molecular weight is 485 g/mol. The van der Waals surface area contributed by atoms with Crippen LogP contribution in [0.2, 0.25) is 0 Å². The number of hydrogen-bond acceptors (Lipinski definition) is 5. The molecule has 5 aromatic rings. The van der Waals surface area contributed by atoms with Crippen molar-refractivity contribution in [3.63, 3.8) is 0 Å². The molecular weight excluding hydrogens is 460 g/mol. The maximum atomic E-state index is 13.5. The number of aromatic nitrogens is 1. The zero-order chi connectivity index (χ0) is 24.2. The quantitative estimate of drug-likeness (QED) is 0.310. The normalized spacial score (nSPS) is 11.1. The summed E-state index contributed by atoms with van der Waals surface area (Å²) in [5.74, 6) is 0.459. The summed E-state index contributed by atoms with van der Waals surface area (Å²) in [5, 5.41) is 5.85. The lowest BCUT2D eigenvalue weighted by Gasteiger charge is -2.13. The Bertz CT molecular complexity index is 1540. The maximum Gasteiger partial charge on any atom is 0.263 e. The highest BCUT2D eigenvalue weighted by atomic mass is 32.1. The molecule has 0 radical (unpaired) electrons. The Balaban J connectivity index is 1.53. The second-order valence-electron chi connectivity index (χ2n) is 8.06. The molecule has 35 heavy (non-hydrogen) atoms. The molecule has 6 nitrogen and oxygen atoms in total. The van der Waals surface area contributed by atoms with Gasteiger partial charge in [-0.3, -0.25) is 14.0 Å². The van der Waals surface area contributed by atoms with Crippen LogP contribution in [0.5, 0.6) is 5.75 Å². The number of methoxy groups -OCH3 is 1. The molecule has 1 N–H and O–H groups in total. The number of thiophene rings is 1. The number of carbonyl (C=O) groups is 1. The first-order valence-corrected chi connectivity index (χ1v) is 12.1.